The van der Waals surface area contributed by atoms with Crippen molar-refractivity contribution in [1.82, 2.24) is 14.9 Å². The van der Waals surface area contributed by atoms with Crippen LogP contribution in [0.25, 0.3) is 11.0 Å². The van der Waals surface area contributed by atoms with Gasteiger partial charge in [0.15, 0.2) is 0 Å². The number of aromatic nitrogens is 3. The normalized spacial score (nSPS) is 15.5. The van der Waals surface area contributed by atoms with Crippen LogP contribution in [0.2, 0.25) is 0 Å². The van der Waals surface area contributed by atoms with Crippen LogP contribution < -0.4 is 14.8 Å². The van der Waals surface area contributed by atoms with Gasteiger partial charge >= 0.3 is 5.95 Å². The van der Waals surface area contributed by atoms with Gasteiger partial charge in [0, 0.05) is 32.4 Å². The number of aliphatic hydroxyl groups excluding tert-OH is 1. The fourth-order valence-electron chi connectivity index (χ4n) is 3.45. The van der Waals surface area contributed by atoms with Crippen molar-refractivity contribution in [1.29, 1.82) is 0 Å². The lowest BCUT2D eigenvalue weighted by molar-refractivity contribution is -0.677. The van der Waals surface area contributed by atoms with E-state index in [1.54, 1.807) is 0 Å². The van der Waals surface area contributed by atoms with Crippen molar-refractivity contribution < 1.29 is 9.67 Å². The van der Waals surface area contributed by atoms with Crippen LogP contribution in [0.1, 0.15) is 0 Å². The van der Waals surface area contributed by atoms with Crippen molar-refractivity contribution >= 4 is 22.8 Å². The molecule has 0 saturated carbocycles. The molecule has 0 bridgehead atoms. The number of aliphatic hydroxyl groups is 1. The van der Waals surface area contributed by atoms with Crippen LogP contribution in [-0.4, -0.2) is 59.3 Å². The van der Waals surface area contributed by atoms with Gasteiger partial charge in [-0.2, -0.15) is 0 Å². The largest absolute Gasteiger partial charge is 0.393 e. The maximum absolute atomic E-state index is 9.14. The molecule has 1 aliphatic heterocycles. The Morgan fingerprint density at radius 2 is 1.88 bits per heavy atom. The molecule has 1 fully saturated rings. The zero-order valence-corrected chi connectivity index (χ0v) is 14.8. The molecule has 0 radical (unpaired) electrons. The molecular weight excluding hydrogens is 328 g/mol. The first-order valence-corrected chi connectivity index (χ1v) is 9.09. The first kappa shape index (κ1) is 16.8. The van der Waals surface area contributed by atoms with Gasteiger partial charge in [0.1, 0.15) is 23.5 Å². The van der Waals surface area contributed by atoms with Crippen molar-refractivity contribution in [2.75, 3.05) is 49.5 Å². The highest BCUT2D eigenvalue weighted by atomic mass is 16.3. The molecule has 0 atom stereocenters. The molecule has 1 aromatic carbocycles. The Labute approximate surface area is 152 Å². The Balaban J connectivity index is 1.47. The minimum atomic E-state index is 0.109. The standard InChI is InChI=1S/C19H24N6O/c26-14-9-21-19-22-16-5-1-2-6-17(16)25(19)15-23-10-12-24(13-11-23)18-7-3-4-8-20-18/h1-8,26H,9-15H2,(H,21,22)/p+1. The lowest BCUT2D eigenvalue weighted by Gasteiger charge is -2.34. The molecule has 1 aliphatic rings. The minimum absolute atomic E-state index is 0.109. The smallest absolute Gasteiger partial charge is 0.357 e. The minimum Gasteiger partial charge on any atom is -0.393 e. The second kappa shape index (κ2) is 7.72. The third kappa shape index (κ3) is 3.49. The number of rotatable bonds is 6. The van der Waals surface area contributed by atoms with E-state index in [0.29, 0.717) is 6.54 Å². The molecule has 136 valence electrons. The highest BCUT2D eigenvalue weighted by Gasteiger charge is 2.23. The number of anilines is 2. The summed E-state index contributed by atoms with van der Waals surface area (Å²) in [6, 6.07) is 14.4. The van der Waals surface area contributed by atoms with Crippen molar-refractivity contribution in [2.24, 2.45) is 0 Å². The molecular formula is C19H25N6O+. The molecule has 3 heterocycles. The Bertz CT molecular complexity index is 842. The van der Waals surface area contributed by atoms with Gasteiger partial charge in [-0.1, -0.05) is 18.2 Å². The number of hydrogen-bond donors (Lipinski definition) is 3. The second-order valence-electron chi connectivity index (χ2n) is 6.50. The summed E-state index contributed by atoms with van der Waals surface area (Å²) in [5, 5.41) is 12.4. The molecule has 3 N–H and O–H groups in total. The summed E-state index contributed by atoms with van der Waals surface area (Å²) in [6.45, 7) is 5.37. The molecule has 3 aromatic rings. The number of piperazine rings is 1. The SMILES string of the molecule is OCCNc1[nH]c2ccccc2[n+]1CN1CCN(c2ccccn2)CC1. The van der Waals surface area contributed by atoms with Gasteiger partial charge in [-0.15, -0.1) is 0 Å². The highest BCUT2D eigenvalue weighted by molar-refractivity contribution is 5.72. The van der Waals surface area contributed by atoms with E-state index in [1.165, 1.54) is 5.52 Å². The molecule has 0 amide bonds. The van der Waals surface area contributed by atoms with Gasteiger partial charge in [-0.25, -0.2) is 14.5 Å². The summed E-state index contributed by atoms with van der Waals surface area (Å²) in [5.41, 5.74) is 2.26. The van der Waals surface area contributed by atoms with Crippen molar-refractivity contribution in [3.05, 3.63) is 48.7 Å². The summed E-state index contributed by atoms with van der Waals surface area (Å²) < 4.78 is 2.25. The summed E-state index contributed by atoms with van der Waals surface area (Å²) in [5.74, 6) is 1.99. The van der Waals surface area contributed by atoms with Crippen molar-refractivity contribution in [2.45, 2.75) is 6.67 Å². The monoisotopic (exact) mass is 353 g/mol. The Hall–Kier alpha value is -2.64. The average Bonchev–Trinajstić information content (AvgIpc) is 3.05. The third-order valence-corrected chi connectivity index (χ3v) is 4.81. The molecule has 0 unspecified atom stereocenters. The molecule has 1 saturated heterocycles. The first-order valence-electron chi connectivity index (χ1n) is 9.09. The molecule has 0 spiro atoms. The van der Waals surface area contributed by atoms with Crippen molar-refractivity contribution in [3.63, 3.8) is 0 Å². The number of nitrogens with zero attached hydrogens (tertiary/aromatic N) is 4. The van der Waals surface area contributed by atoms with Crippen LogP contribution in [0.3, 0.4) is 0 Å². The number of para-hydroxylation sites is 2. The lowest BCUT2D eigenvalue weighted by atomic mass is 10.3. The second-order valence-corrected chi connectivity index (χ2v) is 6.50. The van der Waals surface area contributed by atoms with Gasteiger partial charge in [0.25, 0.3) is 0 Å². The van der Waals surface area contributed by atoms with E-state index < -0.39 is 0 Å². The van der Waals surface area contributed by atoms with E-state index in [2.05, 4.69) is 53.9 Å². The zero-order valence-electron chi connectivity index (χ0n) is 14.8. The maximum Gasteiger partial charge on any atom is 0.357 e. The van der Waals surface area contributed by atoms with Crippen LogP contribution in [-0.2, 0) is 6.67 Å². The van der Waals surface area contributed by atoms with E-state index in [9.17, 15) is 0 Å². The van der Waals surface area contributed by atoms with E-state index in [4.69, 9.17) is 5.11 Å². The Morgan fingerprint density at radius 3 is 2.65 bits per heavy atom. The topological polar surface area (TPSA) is 71.3 Å². The zero-order chi connectivity index (χ0) is 17.8. The number of hydrogen-bond acceptors (Lipinski definition) is 5. The number of pyridine rings is 1. The molecule has 7 nitrogen and oxygen atoms in total. The predicted molar refractivity (Wildman–Crippen MR) is 102 cm³/mol. The number of imidazole rings is 1. The number of benzene rings is 1. The van der Waals surface area contributed by atoms with Gasteiger partial charge < -0.3 is 10.0 Å². The molecule has 0 aliphatic carbocycles. The number of aromatic amines is 1. The fraction of sp³-hybridized carbons (Fsp3) is 0.368. The fourth-order valence-corrected chi connectivity index (χ4v) is 3.45. The van der Waals surface area contributed by atoms with E-state index >= 15 is 0 Å². The predicted octanol–water partition coefficient (Wildman–Crippen LogP) is 1.03. The first-order chi connectivity index (χ1) is 12.8. The summed E-state index contributed by atoms with van der Waals surface area (Å²) in [4.78, 5) is 12.7. The Kier molecular flexibility index (Phi) is 4.99. The van der Waals surface area contributed by atoms with Gasteiger partial charge in [-0.3, -0.25) is 10.2 Å². The summed E-state index contributed by atoms with van der Waals surface area (Å²) in [6.07, 6.45) is 1.85. The van der Waals surface area contributed by atoms with Crippen LogP contribution >= 0.6 is 0 Å². The lowest BCUT2D eigenvalue weighted by Crippen LogP contribution is -2.53. The van der Waals surface area contributed by atoms with Gasteiger partial charge in [0.2, 0.25) is 0 Å². The van der Waals surface area contributed by atoms with E-state index in [1.807, 2.05) is 24.4 Å². The molecule has 4 rings (SSSR count). The van der Waals surface area contributed by atoms with Gasteiger partial charge in [-0.05, 0) is 24.3 Å². The van der Waals surface area contributed by atoms with Crippen LogP contribution in [0.4, 0.5) is 11.8 Å². The van der Waals surface area contributed by atoms with Crippen molar-refractivity contribution in [3.8, 4) is 0 Å². The summed E-state index contributed by atoms with van der Waals surface area (Å²) in [7, 11) is 0. The van der Waals surface area contributed by atoms with Crippen LogP contribution in [0, 0.1) is 0 Å². The highest BCUT2D eigenvalue weighted by Crippen LogP contribution is 2.15. The summed E-state index contributed by atoms with van der Waals surface area (Å²) >= 11 is 0. The number of fused-ring (bicyclic) bond motifs is 1. The molecule has 26 heavy (non-hydrogen) atoms. The Morgan fingerprint density at radius 1 is 1.08 bits per heavy atom. The average molecular weight is 353 g/mol. The number of nitrogens with one attached hydrogen (secondary N) is 2. The van der Waals surface area contributed by atoms with Crippen LogP contribution in [0.5, 0.6) is 0 Å². The van der Waals surface area contributed by atoms with Crippen LogP contribution in [0.15, 0.2) is 48.7 Å². The molecule has 2 aromatic heterocycles. The van der Waals surface area contributed by atoms with E-state index in [0.717, 1.165) is 50.1 Å². The third-order valence-electron chi connectivity index (χ3n) is 4.81. The number of H-pyrrole nitrogens is 1. The molecule has 7 heteroatoms. The maximum atomic E-state index is 9.14. The van der Waals surface area contributed by atoms with Gasteiger partial charge in [0.05, 0.1) is 13.2 Å². The van der Waals surface area contributed by atoms with E-state index in [-0.39, 0.29) is 6.61 Å². The quantitative estimate of drug-likeness (QED) is 0.578.